The third-order valence-corrected chi connectivity index (χ3v) is 9.61. The molecule has 2 amide bonds. The second kappa shape index (κ2) is 11.9. The molecular weight excluding hydrogens is 536 g/mol. The molecule has 42 heavy (non-hydrogen) atoms. The van der Waals surface area contributed by atoms with Gasteiger partial charge in [0, 0.05) is 36.2 Å². The lowest BCUT2D eigenvalue weighted by molar-refractivity contribution is -0.139. The summed E-state index contributed by atoms with van der Waals surface area (Å²) in [4.78, 5) is 41.1. The number of ether oxygens (including phenoxy) is 2. The van der Waals surface area contributed by atoms with E-state index in [1.54, 1.807) is 23.1 Å². The number of benzene rings is 2. The van der Waals surface area contributed by atoms with Crippen molar-refractivity contribution in [1.82, 2.24) is 10.2 Å². The lowest BCUT2D eigenvalue weighted by atomic mass is 9.77. The number of amides is 2. The lowest BCUT2D eigenvalue weighted by Gasteiger charge is -2.41. The lowest BCUT2D eigenvalue weighted by Crippen LogP contribution is -2.55. The number of rotatable bonds is 10. The topological polar surface area (TPSA) is 125 Å². The average molecular weight is 575 g/mol. The van der Waals surface area contributed by atoms with E-state index in [-0.39, 0.29) is 25.6 Å². The highest BCUT2D eigenvalue weighted by Gasteiger charge is 2.52. The highest BCUT2D eigenvalue weighted by Crippen LogP contribution is 2.52. The van der Waals surface area contributed by atoms with E-state index in [1.807, 2.05) is 30.3 Å². The minimum absolute atomic E-state index is 0.0447. The van der Waals surface area contributed by atoms with E-state index in [4.69, 9.17) is 9.47 Å². The van der Waals surface area contributed by atoms with Gasteiger partial charge in [0.2, 0.25) is 11.8 Å². The van der Waals surface area contributed by atoms with E-state index in [1.165, 1.54) is 26.4 Å². The predicted octanol–water partition coefficient (Wildman–Crippen LogP) is 2.99. The summed E-state index contributed by atoms with van der Waals surface area (Å²) in [5.74, 6) is 1.12. The Bertz CT molecular complexity index is 1380. The summed E-state index contributed by atoms with van der Waals surface area (Å²) in [6, 6.07) is 12.0. The molecule has 3 aliphatic carbocycles. The number of hydrogen-bond acceptors (Lipinski definition) is 7. The molecule has 2 fully saturated rings. The number of aliphatic hydroxyl groups excluding tert-OH is 2. The Hall–Kier alpha value is -3.69. The van der Waals surface area contributed by atoms with Crippen LogP contribution in [0.15, 0.2) is 54.1 Å². The van der Waals surface area contributed by atoms with E-state index in [9.17, 15) is 24.6 Å². The van der Waals surface area contributed by atoms with Crippen LogP contribution < -0.4 is 14.8 Å². The first-order valence-corrected chi connectivity index (χ1v) is 14.9. The standard InChI is InChI=1S/C33H38N2O7/c1-41-27-14-21(18-37)13-24-29-25(33(40)34-9-10-36)16-26(30(39)32(29)42-31(24)27)35(17-19-5-3-2-4-6-19)28(38)15-23-12-20-7-8-22(23)11-20/h2-6,13-14,16,18,20,22-23,26,29-30,32,36,39H,7-12,15,17H2,1H3,(H,34,40)/t20?,22?,23?,26-,29+,30+,32+/m1/s1. The first-order chi connectivity index (χ1) is 20.4. The Kier molecular flexibility index (Phi) is 8.05. The number of aldehydes is 1. The largest absolute Gasteiger partial charge is 0.493 e. The molecule has 0 saturated heterocycles. The van der Waals surface area contributed by atoms with E-state index in [0.717, 1.165) is 12.0 Å². The molecule has 3 unspecified atom stereocenters. The normalized spacial score (nSPS) is 28.7. The maximum absolute atomic E-state index is 14.1. The van der Waals surface area contributed by atoms with Gasteiger partial charge in [-0.1, -0.05) is 36.8 Å². The molecule has 2 aromatic carbocycles. The van der Waals surface area contributed by atoms with E-state index in [0.29, 0.717) is 58.7 Å². The minimum atomic E-state index is -1.16. The number of nitrogens with one attached hydrogen (secondary N) is 1. The summed E-state index contributed by atoms with van der Waals surface area (Å²) in [5.41, 5.74) is 2.15. The summed E-state index contributed by atoms with van der Waals surface area (Å²) in [6.07, 6.45) is 5.40. The van der Waals surface area contributed by atoms with Crippen molar-refractivity contribution in [2.75, 3.05) is 20.3 Å². The maximum atomic E-state index is 14.1. The van der Waals surface area contributed by atoms with Crippen LogP contribution in [0.25, 0.3) is 0 Å². The first-order valence-electron chi connectivity index (χ1n) is 14.9. The van der Waals surface area contributed by atoms with Crippen LogP contribution in [0.5, 0.6) is 11.5 Å². The SMILES string of the molecule is COc1cc(C=O)cc2c1O[C@@H]1[C@@H](O)[C@H](N(Cc3ccccc3)C(=O)CC3CC4CCC3C4)C=C(C(=O)NCCO)[C@H]21. The highest BCUT2D eigenvalue weighted by atomic mass is 16.5. The Morgan fingerprint density at radius 3 is 2.64 bits per heavy atom. The van der Waals surface area contributed by atoms with Gasteiger partial charge in [0.1, 0.15) is 18.5 Å². The predicted molar refractivity (Wildman–Crippen MR) is 154 cm³/mol. The first kappa shape index (κ1) is 28.4. The van der Waals surface area contributed by atoms with Crippen LogP contribution in [0.2, 0.25) is 0 Å². The Morgan fingerprint density at radius 2 is 1.98 bits per heavy atom. The molecule has 0 aromatic heterocycles. The molecule has 9 nitrogen and oxygen atoms in total. The molecule has 7 atom stereocenters. The highest BCUT2D eigenvalue weighted by molar-refractivity contribution is 5.96. The van der Waals surface area contributed by atoms with Crippen molar-refractivity contribution in [2.24, 2.45) is 17.8 Å². The van der Waals surface area contributed by atoms with Crippen LogP contribution in [0, 0.1) is 17.8 Å². The summed E-state index contributed by atoms with van der Waals surface area (Å²) in [5, 5.41) is 24.0. The van der Waals surface area contributed by atoms with E-state index >= 15 is 0 Å². The van der Waals surface area contributed by atoms with Crippen molar-refractivity contribution >= 4 is 18.1 Å². The monoisotopic (exact) mass is 574 g/mol. The minimum Gasteiger partial charge on any atom is -0.493 e. The maximum Gasteiger partial charge on any atom is 0.247 e. The second-order valence-electron chi connectivity index (χ2n) is 12.0. The smallest absolute Gasteiger partial charge is 0.247 e. The van der Waals surface area contributed by atoms with Crippen molar-refractivity contribution in [2.45, 2.75) is 62.8 Å². The van der Waals surface area contributed by atoms with Gasteiger partial charge < -0.3 is 29.9 Å². The zero-order valence-electron chi connectivity index (χ0n) is 23.8. The van der Waals surface area contributed by atoms with Crippen LogP contribution >= 0.6 is 0 Å². The summed E-state index contributed by atoms with van der Waals surface area (Å²) in [7, 11) is 1.47. The van der Waals surface area contributed by atoms with E-state index < -0.39 is 30.1 Å². The zero-order valence-corrected chi connectivity index (χ0v) is 23.8. The Morgan fingerprint density at radius 1 is 1.17 bits per heavy atom. The van der Waals surface area contributed by atoms with Crippen LogP contribution in [0.4, 0.5) is 0 Å². The van der Waals surface area contributed by atoms with Gasteiger partial charge in [0.15, 0.2) is 11.5 Å². The van der Waals surface area contributed by atoms with Crippen molar-refractivity contribution in [1.29, 1.82) is 0 Å². The van der Waals surface area contributed by atoms with Gasteiger partial charge in [-0.15, -0.1) is 0 Å². The van der Waals surface area contributed by atoms with Gasteiger partial charge in [0.25, 0.3) is 0 Å². The molecule has 0 spiro atoms. The molecule has 2 aromatic rings. The van der Waals surface area contributed by atoms with Gasteiger partial charge >= 0.3 is 0 Å². The number of fused-ring (bicyclic) bond motifs is 5. The molecule has 6 rings (SSSR count). The number of carbonyl (C=O) groups excluding carboxylic acids is 3. The molecule has 1 heterocycles. The average Bonchev–Trinajstić information content (AvgIpc) is 3.74. The fraction of sp³-hybridized carbons (Fsp3) is 0.485. The van der Waals surface area contributed by atoms with Crippen LogP contribution in [-0.4, -0.2) is 71.7 Å². The molecule has 3 N–H and O–H groups in total. The number of carbonyl (C=O) groups is 3. The molecule has 4 aliphatic rings. The van der Waals surface area contributed by atoms with Gasteiger partial charge in [-0.2, -0.15) is 0 Å². The van der Waals surface area contributed by atoms with E-state index in [2.05, 4.69) is 5.32 Å². The summed E-state index contributed by atoms with van der Waals surface area (Å²) in [6.45, 7) is 0.0772. The van der Waals surface area contributed by atoms with Crippen molar-refractivity contribution in [3.63, 3.8) is 0 Å². The fourth-order valence-electron chi connectivity index (χ4n) is 7.67. The van der Waals surface area contributed by atoms with Crippen molar-refractivity contribution in [3.05, 3.63) is 70.8 Å². The molecule has 1 aliphatic heterocycles. The fourth-order valence-corrected chi connectivity index (χ4v) is 7.67. The van der Waals surface area contributed by atoms with Gasteiger partial charge in [-0.05, 0) is 60.8 Å². The quantitative estimate of drug-likeness (QED) is 0.373. The van der Waals surface area contributed by atoms with Crippen LogP contribution in [-0.2, 0) is 16.1 Å². The molecule has 222 valence electrons. The molecule has 9 heteroatoms. The number of hydrogen-bond donors (Lipinski definition) is 3. The number of aliphatic hydroxyl groups is 2. The summed E-state index contributed by atoms with van der Waals surface area (Å²) >= 11 is 0. The molecular formula is C33H38N2O7. The van der Waals surface area contributed by atoms with Gasteiger partial charge in [-0.25, -0.2) is 0 Å². The zero-order chi connectivity index (χ0) is 29.4. The van der Waals surface area contributed by atoms with Crippen LogP contribution in [0.3, 0.4) is 0 Å². The second-order valence-corrected chi connectivity index (χ2v) is 12.0. The van der Waals surface area contributed by atoms with Crippen molar-refractivity contribution in [3.8, 4) is 11.5 Å². The molecule has 0 radical (unpaired) electrons. The number of nitrogens with zero attached hydrogens (tertiary/aromatic N) is 1. The van der Waals surface area contributed by atoms with Gasteiger partial charge in [-0.3, -0.25) is 14.4 Å². The Balaban J connectivity index is 1.39. The van der Waals surface area contributed by atoms with Crippen LogP contribution in [0.1, 0.15) is 59.5 Å². The third-order valence-electron chi connectivity index (χ3n) is 9.61. The van der Waals surface area contributed by atoms with Gasteiger partial charge in [0.05, 0.1) is 25.7 Å². The molecule has 2 bridgehead atoms. The molecule has 2 saturated carbocycles. The Labute approximate surface area is 245 Å². The number of methoxy groups -OCH3 is 1. The summed E-state index contributed by atoms with van der Waals surface area (Å²) < 4.78 is 11.8. The van der Waals surface area contributed by atoms with Crippen molar-refractivity contribution < 1.29 is 34.1 Å². The third kappa shape index (κ3) is 5.20.